The van der Waals surface area contributed by atoms with Crippen LogP contribution in [0.4, 0.5) is 18.0 Å². The monoisotopic (exact) mass is 576 g/mol. The highest BCUT2D eigenvalue weighted by Gasteiger charge is 2.36. The topological polar surface area (TPSA) is 69.3 Å². The molecule has 10 heteroatoms. The molecule has 3 unspecified atom stereocenters. The predicted molar refractivity (Wildman–Crippen MR) is 149 cm³/mol. The second kappa shape index (κ2) is 13.4. The molecule has 2 aliphatic rings. The first-order valence-corrected chi connectivity index (χ1v) is 14.0. The molecule has 1 aliphatic carbocycles. The molecular formula is C31H39F3N2O5. The molecule has 41 heavy (non-hydrogen) atoms. The van der Waals surface area contributed by atoms with E-state index in [1.165, 1.54) is 0 Å². The molecule has 0 saturated carbocycles. The Kier molecular flexibility index (Phi) is 9.94. The molecule has 224 valence electrons. The van der Waals surface area contributed by atoms with Gasteiger partial charge in [0.05, 0.1) is 27.4 Å². The molecule has 1 aliphatic heterocycles. The Bertz CT molecular complexity index is 1200. The number of carbonyl (C=O) groups excluding carboxylic acids is 1. The van der Waals surface area contributed by atoms with Crippen LogP contribution in [0.2, 0.25) is 0 Å². The Hall–Kier alpha value is -3.56. The van der Waals surface area contributed by atoms with Crippen LogP contribution < -0.4 is 19.5 Å². The molecule has 0 radical (unpaired) electrons. The lowest BCUT2D eigenvalue weighted by Crippen LogP contribution is -2.45. The van der Waals surface area contributed by atoms with Crippen molar-refractivity contribution in [3.8, 4) is 17.2 Å². The van der Waals surface area contributed by atoms with Gasteiger partial charge >= 0.3 is 12.4 Å². The van der Waals surface area contributed by atoms with Crippen molar-refractivity contribution in [1.29, 1.82) is 0 Å². The van der Waals surface area contributed by atoms with Gasteiger partial charge in [-0.25, -0.2) is 4.79 Å². The minimum Gasteiger partial charge on any atom is -0.497 e. The van der Waals surface area contributed by atoms with Gasteiger partial charge in [0.25, 0.3) is 0 Å². The van der Waals surface area contributed by atoms with Gasteiger partial charge in [0.15, 0.2) is 0 Å². The number of ether oxygens (including phenoxy) is 4. The van der Waals surface area contributed by atoms with E-state index in [-0.39, 0.29) is 36.1 Å². The number of methoxy groups -OCH3 is 3. The van der Waals surface area contributed by atoms with Crippen molar-refractivity contribution < 1.29 is 36.9 Å². The summed E-state index contributed by atoms with van der Waals surface area (Å²) >= 11 is 0. The van der Waals surface area contributed by atoms with Crippen LogP contribution in [0.3, 0.4) is 0 Å². The highest BCUT2D eigenvalue weighted by molar-refractivity contribution is 5.75. The maximum absolute atomic E-state index is 13.5. The Morgan fingerprint density at radius 2 is 1.76 bits per heavy atom. The van der Waals surface area contributed by atoms with Gasteiger partial charge in [-0.05, 0) is 72.9 Å². The van der Waals surface area contributed by atoms with Crippen molar-refractivity contribution in [2.45, 2.75) is 64.4 Å². The zero-order chi connectivity index (χ0) is 29.6. The first kappa shape index (κ1) is 30.4. The molecule has 2 aromatic rings. The zero-order valence-corrected chi connectivity index (χ0v) is 24.1. The molecule has 1 N–H and O–H groups in total. The van der Waals surface area contributed by atoms with Gasteiger partial charge in [0.1, 0.15) is 23.0 Å². The third kappa shape index (κ3) is 8.01. The Morgan fingerprint density at radius 3 is 2.41 bits per heavy atom. The van der Waals surface area contributed by atoms with E-state index >= 15 is 0 Å². The summed E-state index contributed by atoms with van der Waals surface area (Å²) in [5.74, 6) is 2.18. The van der Waals surface area contributed by atoms with Crippen molar-refractivity contribution in [2.75, 3.05) is 27.9 Å². The van der Waals surface area contributed by atoms with Crippen LogP contribution >= 0.6 is 0 Å². The fourth-order valence-corrected chi connectivity index (χ4v) is 6.04. The summed E-state index contributed by atoms with van der Waals surface area (Å²) in [6, 6.07) is 10.9. The summed E-state index contributed by atoms with van der Waals surface area (Å²) in [5.41, 5.74) is 2.98. The Morgan fingerprint density at radius 1 is 1.02 bits per heavy atom. The lowest BCUT2D eigenvalue weighted by Gasteiger charge is -2.38. The third-order valence-corrected chi connectivity index (χ3v) is 7.85. The number of carbonyl (C=O) groups is 1. The van der Waals surface area contributed by atoms with Crippen LogP contribution in [0.25, 0.3) is 0 Å². The fraction of sp³-hybridized carbons (Fsp3) is 0.516. The number of hydrogen-bond donors (Lipinski definition) is 1. The van der Waals surface area contributed by atoms with Crippen LogP contribution in [0, 0.1) is 11.8 Å². The van der Waals surface area contributed by atoms with E-state index in [0.29, 0.717) is 37.4 Å². The maximum atomic E-state index is 13.5. The lowest BCUT2D eigenvalue weighted by molar-refractivity contribution is -0.307. The second-order valence-corrected chi connectivity index (χ2v) is 10.8. The van der Waals surface area contributed by atoms with Crippen molar-refractivity contribution >= 4 is 6.03 Å². The van der Waals surface area contributed by atoms with Crippen LogP contribution in [-0.4, -0.2) is 45.2 Å². The number of alkyl halides is 3. The average molecular weight is 577 g/mol. The molecule has 0 aromatic heterocycles. The minimum atomic E-state index is -4.68. The minimum absolute atomic E-state index is 0.00226. The zero-order valence-electron chi connectivity index (χ0n) is 24.1. The number of rotatable bonds is 10. The van der Waals surface area contributed by atoms with Gasteiger partial charge in [0, 0.05) is 31.1 Å². The van der Waals surface area contributed by atoms with E-state index in [0.717, 1.165) is 41.7 Å². The lowest BCUT2D eigenvalue weighted by atomic mass is 9.82. The molecular weight excluding hydrogens is 537 g/mol. The van der Waals surface area contributed by atoms with Crippen LogP contribution in [0.1, 0.15) is 61.8 Å². The molecule has 4 rings (SSSR count). The number of nitrogens with one attached hydrogen (secondary N) is 1. The van der Waals surface area contributed by atoms with Crippen molar-refractivity contribution in [3.63, 3.8) is 0 Å². The molecule has 7 nitrogen and oxygen atoms in total. The number of fused-ring (bicyclic) bond motifs is 1. The number of allylic oxidation sites excluding steroid dienone is 2. The average Bonchev–Trinajstić information content (AvgIpc) is 2.94. The maximum Gasteiger partial charge on any atom is 0.572 e. The van der Waals surface area contributed by atoms with Crippen LogP contribution in [-0.2, 0) is 17.7 Å². The number of nitrogens with zero attached hydrogens (tertiary/aromatic N) is 1. The molecule has 2 amide bonds. The van der Waals surface area contributed by atoms with Crippen molar-refractivity contribution in [2.24, 2.45) is 11.8 Å². The summed E-state index contributed by atoms with van der Waals surface area (Å²) < 4.78 is 59.2. The Balaban J connectivity index is 1.49. The molecule has 0 spiro atoms. The smallest absolute Gasteiger partial charge is 0.497 e. The first-order chi connectivity index (χ1) is 19.6. The fourth-order valence-electron chi connectivity index (χ4n) is 6.04. The molecule has 0 fully saturated rings. The normalized spacial score (nSPS) is 20.5. The summed E-state index contributed by atoms with van der Waals surface area (Å²) in [5, 5.41) is 3.05. The molecule has 0 saturated heterocycles. The molecule has 0 bridgehead atoms. The van der Waals surface area contributed by atoms with Gasteiger partial charge in [0.2, 0.25) is 0 Å². The summed E-state index contributed by atoms with van der Waals surface area (Å²) in [4.78, 5) is 15.4. The van der Waals surface area contributed by atoms with Gasteiger partial charge in [-0.2, -0.15) is 0 Å². The van der Waals surface area contributed by atoms with E-state index < -0.39 is 6.36 Å². The van der Waals surface area contributed by atoms with Gasteiger partial charge in [-0.1, -0.05) is 25.5 Å². The number of halogens is 3. The van der Waals surface area contributed by atoms with E-state index in [1.54, 1.807) is 27.4 Å². The number of benzene rings is 2. The SMILES string of the molecule is COc1ccc(CNC(=O)N2CCc3cc(OC)cc(OC)c3C2CCCC2CC(OC(F)(F)F)=CC(C)C2)cc1. The molecule has 2 aromatic carbocycles. The van der Waals surface area contributed by atoms with Crippen LogP contribution in [0.15, 0.2) is 48.2 Å². The van der Waals surface area contributed by atoms with Gasteiger partial charge in [-0.3, -0.25) is 0 Å². The number of urea groups is 1. The summed E-state index contributed by atoms with van der Waals surface area (Å²) in [6.07, 6.45) is 0.724. The van der Waals surface area contributed by atoms with E-state index in [2.05, 4.69) is 10.1 Å². The summed E-state index contributed by atoms with van der Waals surface area (Å²) in [6.45, 7) is 2.80. The first-order valence-electron chi connectivity index (χ1n) is 14.0. The molecule has 3 atom stereocenters. The van der Waals surface area contributed by atoms with E-state index in [1.807, 2.05) is 48.2 Å². The highest BCUT2D eigenvalue weighted by atomic mass is 19.4. The van der Waals surface area contributed by atoms with Gasteiger partial charge < -0.3 is 29.2 Å². The van der Waals surface area contributed by atoms with Crippen LogP contribution in [0.5, 0.6) is 17.2 Å². The third-order valence-electron chi connectivity index (χ3n) is 7.85. The van der Waals surface area contributed by atoms with Gasteiger partial charge in [-0.15, -0.1) is 13.2 Å². The highest BCUT2D eigenvalue weighted by Crippen LogP contribution is 2.43. The quantitative estimate of drug-likeness (QED) is 0.325. The number of hydrogen-bond acceptors (Lipinski definition) is 5. The summed E-state index contributed by atoms with van der Waals surface area (Å²) in [7, 11) is 4.82. The Labute approximate surface area is 239 Å². The second-order valence-electron chi connectivity index (χ2n) is 10.8. The van der Waals surface area contributed by atoms with Crippen molar-refractivity contribution in [3.05, 3.63) is 64.9 Å². The van der Waals surface area contributed by atoms with E-state index in [4.69, 9.17) is 14.2 Å². The standard InChI is InChI=1S/C31H39F3N2O5/c1-20-14-22(16-26(15-20)41-31(32,33)34)6-5-7-27-29-23(17-25(39-3)18-28(29)40-4)12-13-36(27)30(37)35-19-21-8-10-24(38-2)11-9-21/h8-11,15,17-18,20,22,27H,5-7,12-14,16,19H2,1-4H3,(H,35,37). The predicted octanol–water partition coefficient (Wildman–Crippen LogP) is 7.16. The largest absolute Gasteiger partial charge is 0.572 e. The van der Waals surface area contributed by atoms with Crippen molar-refractivity contribution in [1.82, 2.24) is 10.2 Å². The number of amides is 2. The molecule has 1 heterocycles. The van der Waals surface area contributed by atoms with E-state index in [9.17, 15) is 18.0 Å².